The van der Waals surface area contributed by atoms with Crippen LogP contribution in [-0.4, -0.2) is 30.6 Å². The number of H-pyrrole nitrogens is 1. The van der Waals surface area contributed by atoms with E-state index in [2.05, 4.69) is 15.3 Å². The zero-order chi connectivity index (χ0) is 14.7. The second-order valence-electron chi connectivity index (χ2n) is 4.61. The first-order chi connectivity index (χ1) is 9.56. The number of hydrogen-bond acceptors (Lipinski definition) is 5. The lowest BCUT2D eigenvalue weighted by Crippen LogP contribution is -2.26. The van der Waals surface area contributed by atoms with E-state index in [4.69, 9.17) is 5.73 Å². The van der Waals surface area contributed by atoms with Gasteiger partial charge in [0.1, 0.15) is 0 Å². The van der Waals surface area contributed by atoms with Gasteiger partial charge in [0.2, 0.25) is 0 Å². The minimum Gasteiger partial charge on any atom is -0.326 e. The van der Waals surface area contributed by atoms with Crippen molar-refractivity contribution in [2.75, 3.05) is 0 Å². The van der Waals surface area contributed by atoms with Crippen LogP contribution < -0.4 is 11.4 Å². The summed E-state index contributed by atoms with van der Waals surface area (Å²) in [4.78, 5) is 11.6. The molecule has 0 bridgehead atoms. The van der Waals surface area contributed by atoms with E-state index in [1.165, 1.54) is 11.8 Å². The molecule has 110 valence electrons. The summed E-state index contributed by atoms with van der Waals surface area (Å²) < 4.78 is 3.36. The molecule has 0 aliphatic carbocycles. The van der Waals surface area contributed by atoms with Gasteiger partial charge >= 0.3 is 5.69 Å². The van der Waals surface area contributed by atoms with E-state index in [9.17, 15) is 4.79 Å². The average Bonchev–Trinajstić information content (AvgIpc) is 3.01. The van der Waals surface area contributed by atoms with Crippen LogP contribution in [0.1, 0.15) is 31.1 Å². The minimum atomic E-state index is -0.190. The molecular formula is C12H20N6OS. The molecule has 0 aliphatic heterocycles. The van der Waals surface area contributed by atoms with Crippen molar-refractivity contribution in [1.82, 2.24) is 24.5 Å². The van der Waals surface area contributed by atoms with Gasteiger partial charge in [-0.2, -0.15) is 5.10 Å². The normalized spacial score (nSPS) is 14.4. The molecule has 2 unspecified atom stereocenters. The topological polar surface area (TPSA) is 94.5 Å². The Morgan fingerprint density at radius 3 is 2.80 bits per heavy atom. The minimum absolute atomic E-state index is 0.0224. The Morgan fingerprint density at radius 1 is 1.50 bits per heavy atom. The molecule has 0 aromatic carbocycles. The number of hydrogen-bond donors (Lipinski definition) is 2. The van der Waals surface area contributed by atoms with Gasteiger partial charge in [-0.15, -0.1) is 5.10 Å². The Labute approximate surface area is 121 Å². The number of nitrogens with zero attached hydrogens (tertiary/aromatic N) is 4. The zero-order valence-electron chi connectivity index (χ0n) is 11.9. The average molecular weight is 296 g/mol. The summed E-state index contributed by atoms with van der Waals surface area (Å²) in [5.74, 6) is 0. The van der Waals surface area contributed by atoms with E-state index < -0.39 is 0 Å². The van der Waals surface area contributed by atoms with E-state index in [0.717, 1.165) is 12.0 Å². The second kappa shape index (κ2) is 6.27. The first-order valence-electron chi connectivity index (χ1n) is 6.62. The van der Waals surface area contributed by atoms with Gasteiger partial charge in [0.05, 0.1) is 11.4 Å². The summed E-state index contributed by atoms with van der Waals surface area (Å²) in [6.07, 6.45) is 4.61. The van der Waals surface area contributed by atoms with Crippen LogP contribution in [-0.2, 0) is 13.6 Å². The number of aryl methyl sites for hydroxylation is 1. The maximum atomic E-state index is 11.6. The Hall–Kier alpha value is -1.54. The highest BCUT2D eigenvalue weighted by Gasteiger charge is 2.24. The summed E-state index contributed by atoms with van der Waals surface area (Å²) in [6, 6.07) is -0.0266. The molecular weight excluding hydrogens is 276 g/mol. The maximum Gasteiger partial charge on any atom is 0.343 e. The van der Waals surface area contributed by atoms with Crippen molar-refractivity contribution in [2.45, 2.75) is 43.3 Å². The van der Waals surface area contributed by atoms with E-state index in [0.29, 0.717) is 11.7 Å². The molecule has 2 heterocycles. The molecule has 0 saturated carbocycles. The Morgan fingerprint density at radius 2 is 2.25 bits per heavy atom. The number of nitrogens with two attached hydrogens (primary N) is 1. The van der Waals surface area contributed by atoms with Crippen LogP contribution in [0.15, 0.2) is 22.3 Å². The first kappa shape index (κ1) is 14.9. The summed E-state index contributed by atoms with van der Waals surface area (Å²) in [6.45, 7) is 4.55. The molecule has 2 atom stereocenters. The summed E-state index contributed by atoms with van der Waals surface area (Å²) in [5, 5.41) is 11.4. The van der Waals surface area contributed by atoms with Crippen LogP contribution >= 0.6 is 11.8 Å². The van der Waals surface area contributed by atoms with Gasteiger partial charge in [-0.05, 0) is 13.3 Å². The fraction of sp³-hybridized carbons (Fsp3) is 0.583. The highest BCUT2D eigenvalue weighted by atomic mass is 32.2. The van der Waals surface area contributed by atoms with Crippen LogP contribution in [0.5, 0.6) is 0 Å². The monoisotopic (exact) mass is 296 g/mol. The quantitative estimate of drug-likeness (QED) is 0.772. The number of thioether (sulfide) groups is 1. The lowest BCUT2D eigenvalue weighted by molar-refractivity contribution is 0.621. The first-order valence-corrected chi connectivity index (χ1v) is 7.50. The number of aromatic nitrogens is 5. The lowest BCUT2D eigenvalue weighted by atomic mass is 10.1. The summed E-state index contributed by atoms with van der Waals surface area (Å²) in [5.41, 5.74) is 7.08. The van der Waals surface area contributed by atoms with Crippen molar-refractivity contribution >= 4 is 11.8 Å². The number of nitrogens with one attached hydrogen (secondary N) is 1. The zero-order valence-corrected chi connectivity index (χ0v) is 12.7. The van der Waals surface area contributed by atoms with Crippen LogP contribution in [0.25, 0.3) is 0 Å². The van der Waals surface area contributed by atoms with Crippen LogP contribution in [0.2, 0.25) is 0 Å². The molecule has 8 heteroatoms. The molecule has 2 aromatic heterocycles. The lowest BCUT2D eigenvalue weighted by Gasteiger charge is -2.20. The van der Waals surface area contributed by atoms with E-state index in [1.807, 2.05) is 33.3 Å². The second-order valence-corrected chi connectivity index (χ2v) is 5.72. The Bertz CT molecular complexity index is 615. The smallest absolute Gasteiger partial charge is 0.326 e. The molecule has 2 aromatic rings. The summed E-state index contributed by atoms with van der Waals surface area (Å²) >= 11 is 1.50. The van der Waals surface area contributed by atoms with Crippen LogP contribution in [0.4, 0.5) is 0 Å². The van der Waals surface area contributed by atoms with Crippen molar-refractivity contribution in [3.05, 3.63) is 28.4 Å². The predicted molar refractivity (Wildman–Crippen MR) is 78.6 cm³/mol. The molecule has 0 aliphatic rings. The molecule has 0 saturated heterocycles. The van der Waals surface area contributed by atoms with Gasteiger partial charge in [-0.25, -0.2) is 9.89 Å². The standard InChI is InChI=1S/C12H20N6OS/c1-4-9(13)10(8-6-14-17(3)7-8)20-12-16-15-11(19)18(12)5-2/h6-7,9-10H,4-5,13H2,1-3H3,(H,15,19). The Balaban J connectivity index is 2.30. The third kappa shape index (κ3) is 2.96. The largest absolute Gasteiger partial charge is 0.343 e. The highest BCUT2D eigenvalue weighted by molar-refractivity contribution is 7.99. The van der Waals surface area contributed by atoms with Gasteiger partial charge in [0.25, 0.3) is 0 Å². The Kier molecular flexibility index (Phi) is 4.66. The predicted octanol–water partition coefficient (Wildman–Crippen LogP) is 0.895. The maximum absolute atomic E-state index is 11.6. The van der Waals surface area contributed by atoms with Gasteiger partial charge in [-0.1, -0.05) is 18.7 Å². The fourth-order valence-electron chi connectivity index (χ4n) is 1.99. The van der Waals surface area contributed by atoms with Crippen LogP contribution in [0, 0.1) is 0 Å². The molecule has 0 fully saturated rings. The molecule has 7 nitrogen and oxygen atoms in total. The van der Waals surface area contributed by atoms with Crippen molar-refractivity contribution in [2.24, 2.45) is 12.8 Å². The van der Waals surface area contributed by atoms with Gasteiger partial charge < -0.3 is 5.73 Å². The molecule has 0 spiro atoms. The van der Waals surface area contributed by atoms with Gasteiger partial charge in [-0.3, -0.25) is 9.25 Å². The summed E-state index contributed by atoms with van der Waals surface area (Å²) in [7, 11) is 1.87. The van der Waals surface area contributed by atoms with Crippen molar-refractivity contribution < 1.29 is 0 Å². The van der Waals surface area contributed by atoms with E-state index >= 15 is 0 Å². The number of rotatable bonds is 6. The van der Waals surface area contributed by atoms with Crippen molar-refractivity contribution in [3.63, 3.8) is 0 Å². The third-order valence-corrected chi connectivity index (χ3v) is 4.58. The highest BCUT2D eigenvalue weighted by Crippen LogP contribution is 2.36. The molecule has 20 heavy (non-hydrogen) atoms. The molecule has 0 amide bonds. The van der Waals surface area contributed by atoms with Crippen molar-refractivity contribution in [1.29, 1.82) is 0 Å². The molecule has 2 rings (SSSR count). The van der Waals surface area contributed by atoms with Gasteiger partial charge in [0, 0.05) is 31.4 Å². The SMILES string of the molecule is CCC(N)C(Sc1n[nH]c(=O)n1CC)c1cnn(C)c1. The van der Waals surface area contributed by atoms with E-state index in [1.54, 1.807) is 9.25 Å². The van der Waals surface area contributed by atoms with E-state index in [-0.39, 0.29) is 17.0 Å². The third-order valence-electron chi connectivity index (χ3n) is 3.19. The molecule has 0 radical (unpaired) electrons. The number of aromatic amines is 1. The van der Waals surface area contributed by atoms with Gasteiger partial charge in [0.15, 0.2) is 5.16 Å². The fourth-order valence-corrected chi connectivity index (χ4v) is 3.28. The molecule has 3 N–H and O–H groups in total. The van der Waals surface area contributed by atoms with Crippen LogP contribution in [0.3, 0.4) is 0 Å². The van der Waals surface area contributed by atoms with Crippen molar-refractivity contribution in [3.8, 4) is 0 Å².